The van der Waals surface area contributed by atoms with Crippen LogP contribution in [0.3, 0.4) is 0 Å². The normalized spacial score (nSPS) is 17.6. The summed E-state index contributed by atoms with van der Waals surface area (Å²) in [6.07, 6.45) is -3.63. The molecule has 0 saturated carbocycles. The van der Waals surface area contributed by atoms with Gasteiger partial charge in [-0.05, 0) is 38.0 Å². The molecule has 0 fully saturated rings. The predicted molar refractivity (Wildman–Crippen MR) is 80.9 cm³/mol. The molecule has 0 unspecified atom stereocenters. The number of hydrogen-bond donors (Lipinski definition) is 0. The second kappa shape index (κ2) is 5.18. The average molecular weight is 325 g/mol. The molecule has 3 nitrogen and oxygen atoms in total. The van der Waals surface area contributed by atoms with Crippen LogP contribution in [0.4, 0.5) is 23.2 Å². The van der Waals surface area contributed by atoms with Crippen molar-refractivity contribution in [2.45, 2.75) is 39.8 Å². The van der Waals surface area contributed by atoms with Gasteiger partial charge in [0.1, 0.15) is 11.7 Å². The molecule has 0 atom stereocenters. The minimum atomic E-state index is -4.75. The summed E-state index contributed by atoms with van der Waals surface area (Å²) in [7, 11) is 0. The van der Waals surface area contributed by atoms with Gasteiger partial charge in [0.05, 0.1) is 22.5 Å². The Bertz CT molecular complexity index is 772. The summed E-state index contributed by atoms with van der Waals surface area (Å²) in [4.78, 5) is 4.21. The van der Waals surface area contributed by atoms with Gasteiger partial charge in [0.25, 0.3) is 0 Å². The van der Waals surface area contributed by atoms with Crippen molar-refractivity contribution in [2.24, 2.45) is 10.1 Å². The van der Waals surface area contributed by atoms with Gasteiger partial charge in [0.15, 0.2) is 0 Å². The molecule has 2 aliphatic rings. The smallest absolute Gasteiger partial charge is 0.233 e. The van der Waals surface area contributed by atoms with E-state index in [0.717, 1.165) is 17.4 Å². The maximum atomic E-state index is 14.7. The van der Waals surface area contributed by atoms with Crippen molar-refractivity contribution in [1.82, 2.24) is 5.01 Å². The summed E-state index contributed by atoms with van der Waals surface area (Å²) in [5, 5.41) is 5.78. The molecule has 122 valence electrons. The molecule has 1 aromatic carbocycles. The highest BCUT2D eigenvalue weighted by Crippen LogP contribution is 2.44. The largest absolute Gasteiger partial charge is 0.419 e. The molecule has 0 N–H and O–H groups in total. The van der Waals surface area contributed by atoms with Gasteiger partial charge in [0, 0.05) is 12.1 Å². The maximum absolute atomic E-state index is 14.7. The fourth-order valence-corrected chi connectivity index (χ4v) is 2.93. The van der Waals surface area contributed by atoms with E-state index in [2.05, 4.69) is 10.1 Å². The molecule has 0 amide bonds. The number of amidine groups is 1. The minimum absolute atomic E-state index is 0.112. The third kappa shape index (κ3) is 2.44. The Labute approximate surface area is 131 Å². The Kier molecular flexibility index (Phi) is 3.54. The molecule has 0 radical (unpaired) electrons. The summed E-state index contributed by atoms with van der Waals surface area (Å²) >= 11 is 0. The van der Waals surface area contributed by atoms with Crippen LogP contribution in [0.5, 0.6) is 0 Å². The van der Waals surface area contributed by atoms with Gasteiger partial charge < -0.3 is 0 Å². The van der Waals surface area contributed by atoms with E-state index in [1.165, 1.54) is 11.1 Å². The fraction of sp³-hybridized carbons (Fsp3) is 0.375. The van der Waals surface area contributed by atoms with E-state index in [-0.39, 0.29) is 11.3 Å². The molecule has 0 aromatic heterocycles. The lowest BCUT2D eigenvalue weighted by molar-refractivity contribution is -0.140. The third-order valence-corrected chi connectivity index (χ3v) is 3.96. The van der Waals surface area contributed by atoms with Crippen molar-refractivity contribution < 1.29 is 17.6 Å². The van der Waals surface area contributed by atoms with Crippen LogP contribution in [0.25, 0.3) is 5.70 Å². The lowest BCUT2D eigenvalue weighted by Crippen LogP contribution is -2.31. The van der Waals surface area contributed by atoms with E-state index in [1.54, 1.807) is 6.92 Å². The van der Waals surface area contributed by atoms with Crippen LogP contribution < -0.4 is 0 Å². The van der Waals surface area contributed by atoms with Crippen molar-refractivity contribution in [3.8, 4) is 0 Å². The van der Waals surface area contributed by atoms with E-state index in [0.29, 0.717) is 24.4 Å². The summed E-state index contributed by atoms with van der Waals surface area (Å²) < 4.78 is 53.7. The summed E-state index contributed by atoms with van der Waals surface area (Å²) in [5.41, 5.74) is 0.880. The Morgan fingerprint density at radius 3 is 2.52 bits per heavy atom. The first-order valence-corrected chi connectivity index (χ1v) is 7.25. The van der Waals surface area contributed by atoms with Gasteiger partial charge in [0.2, 0.25) is 0 Å². The quantitative estimate of drug-likeness (QED) is 0.659. The molecular weight excluding hydrogens is 310 g/mol. The molecule has 0 aliphatic carbocycles. The number of halogens is 4. The minimum Gasteiger partial charge on any atom is -0.233 e. The van der Waals surface area contributed by atoms with E-state index in [1.807, 2.05) is 13.8 Å². The second-order valence-electron chi connectivity index (χ2n) is 5.61. The molecule has 23 heavy (non-hydrogen) atoms. The van der Waals surface area contributed by atoms with E-state index in [4.69, 9.17) is 0 Å². The highest BCUT2D eigenvalue weighted by molar-refractivity contribution is 6.02. The SMILES string of the molecule is CCC1=C2c3c(ccc(C(F)(F)F)c3F)N=C(C)N2N=C(C)C1. The van der Waals surface area contributed by atoms with Crippen LogP contribution in [0.15, 0.2) is 27.8 Å². The zero-order valence-electron chi connectivity index (χ0n) is 12.9. The first kappa shape index (κ1) is 15.7. The molecular formula is C16H15F4N3. The van der Waals surface area contributed by atoms with E-state index < -0.39 is 17.6 Å². The average Bonchev–Trinajstić information content (AvgIpc) is 2.45. The third-order valence-electron chi connectivity index (χ3n) is 3.96. The Morgan fingerprint density at radius 2 is 1.91 bits per heavy atom. The summed E-state index contributed by atoms with van der Waals surface area (Å²) in [6, 6.07) is 1.96. The van der Waals surface area contributed by atoms with E-state index >= 15 is 0 Å². The topological polar surface area (TPSA) is 28.0 Å². The lowest BCUT2D eigenvalue weighted by atomic mass is 9.94. The number of nitrogens with zero attached hydrogens (tertiary/aromatic N) is 3. The number of benzene rings is 1. The molecule has 0 bridgehead atoms. The molecule has 0 spiro atoms. The first-order chi connectivity index (χ1) is 10.7. The van der Waals surface area contributed by atoms with Crippen molar-refractivity contribution in [1.29, 1.82) is 0 Å². The number of aliphatic imine (C=N–C) groups is 1. The summed E-state index contributed by atoms with van der Waals surface area (Å²) in [6.45, 7) is 5.43. The van der Waals surface area contributed by atoms with Gasteiger partial charge in [-0.2, -0.15) is 18.3 Å². The van der Waals surface area contributed by atoms with Crippen LogP contribution >= 0.6 is 0 Å². The highest BCUT2D eigenvalue weighted by atomic mass is 19.4. The number of allylic oxidation sites excluding steroid dienone is 1. The molecule has 1 aromatic rings. The Balaban J connectivity index is 2.33. The predicted octanol–water partition coefficient (Wildman–Crippen LogP) is 5.11. The van der Waals surface area contributed by atoms with Crippen LogP contribution in [0, 0.1) is 5.82 Å². The highest BCUT2D eigenvalue weighted by Gasteiger charge is 2.39. The zero-order chi connectivity index (χ0) is 16.9. The number of fused-ring (bicyclic) bond motifs is 3. The van der Waals surface area contributed by atoms with Crippen LogP contribution in [-0.4, -0.2) is 16.6 Å². The van der Waals surface area contributed by atoms with Crippen molar-refractivity contribution in [3.63, 3.8) is 0 Å². The molecule has 0 saturated heterocycles. The van der Waals surface area contributed by atoms with Crippen LogP contribution in [0.2, 0.25) is 0 Å². The standard InChI is InChI=1S/C16H15F4N3/c1-4-10-7-8(2)22-23-9(3)21-12-6-5-11(16(18,19)20)14(17)13(12)15(10)23/h5-6H,4,7H2,1-3H3. The number of rotatable bonds is 1. The van der Waals surface area contributed by atoms with Gasteiger partial charge >= 0.3 is 6.18 Å². The van der Waals surface area contributed by atoms with Crippen molar-refractivity contribution in [2.75, 3.05) is 0 Å². The number of alkyl halides is 3. The van der Waals surface area contributed by atoms with Crippen LogP contribution in [0.1, 0.15) is 44.7 Å². The lowest BCUT2D eigenvalue weighted by Gasteiger charge is -2.33. The monoisotopic (exact) mass is 325 g/mol. The Morgan fingerprint density at radius 1 is 1.22 bits per heavy atom. The van der Waals surface area contributed by atoms with Gasteiger partial charge in [-0.25, -0.2) is 14.4 Å². The van der Waals surface area contributed by atoms with E-state index in [9.17, 15) is 17.6 Å². The van der Waals surface area contributed by atoms with Gasteiger partial charge in [-0.15, -0.1) is 0 Å². The van der Waals surface area contributed by atoms with Gasteiger partial charge in [-0.3, -0.25) is 0 Å². The Hall–Kier alpha value is -2.18. The molecule has 2 heterocycles. The first-order valence-electron chi connectivity index (χ1n) is 7.25. The van der Waals surface area contributed by atoms with Crippen molar-refractivity contribution >= 4 is 22.9 Å². The molecule has 2 aliphatic heterocycles. The zero-order valence-corrected chi connectivity index (χ0v) is 12.9. The summed E-state index contributed by atoms with van der Waals surface area (Å²) in [5.74, 6) is -0.774. The molecule has 7 heteroatoms. The number of hydrazone groups is 1. The van der Waals surface area contributed by atoms with Gasteiger partial charge in [-0.1, -0.05) is 6.92 Å². The van der Waals surface area contributed by atoms with Crippen LogP contribution in [-0.2, 0) is 6.18 Å². The maximum Gasteiger partial charge on any atom is 0.419 e. The fourth-order valence-electron chi connectivity index (χ4n) is 2.93. The molecule has 3 rings (SSSR count). The number of hydrogen-bond acceptors (Lipinski definition) is 3. The van der Waals surface area contributed by atoms with Crippen molar-refractivity contribution in [3.05, 3.63) is 34.6 Å². The second-order valence-corrected chi connectivity index (χ2v) is 5.61.